The van der Waals surface area contributed by atoms with Crippen molar-refractivity contribution in [3.8, 4) is 5.75 Å². The van der Waals surface area contributed by atoms with Gasteiger partial charge in [0.15, 0.2) is 6.79 Å². The smallest absolute Gasteiger partial charge is 0.348 e. The van der Waals surface area contributed by atoms with Crippen LogP contribution in [0.3, 0.4) is 0 Å². The molecule has 0 N–H and O–H groups in total. The molecule has 1 aliphatic carbocycles. The van der Waals surface area contributed by atoms with Crippen molar-refractivity contribution in [3.63, 3.8) is 0 Å². The number of esters is 1. The second kappa shape index (κ2) is 6.45. The molecule has 2 aliphatic rings. The molecule has 0 saturated heterocycles. The van der Waals surface area contributed by atoms with Crippen molar-refractivity contribution in [1.29, 1.82) is 0 Å². The highest BCUT2D eigenvalue weighted by atomic mass is 32.1. The zero-order valence-electron chi connectivity index (χ0n) is 13.3. The van der Waals surface area contributed by atoms with E-state index >= 15 is 0 Å². The molecule has 7 nitrogen and oxygen atoms in total. The van der Waals surface area contributed by atoms with E-state index in [-0.39, 0.29) is 25.7 Å². The van der Waals surface area contributed by atoms with Crippen molar-refractivity contribution in [3.05, 3.63) is 54.8 Å². The van der Waals surface area contributed by atoms with Crippen LogP contribution in [0, 0.1) is 10.1 Å². The molecular formula is C17H15NO6S. The van der Waals surface area contributed by atoms with Crippen LogP contribution in [0.2, 0.25) is 0 Å². The van der Waals surface area contributed by atoms with Gasteiger partial charge >= 0.3 is 5.97 Å². The van der Waals surface area contributed by atoms with Crippen molar-refractivity contribution >= 4 is 23.0 Å². The van der Waals surface area contributed by atoms with Gasteiger partial charge in [-0.15, -0.1) is 11.3 Å². The highest BCUT2D eigenvalue weighted by Crippen LogP contribution is 2.34. The van der Waals surface area contributed by atoms with Gasteiger partial charge in [0, 0.05) is 28.1 Å². The lowest BCUT2D eigenvalue weighted by molar-refractivity contribution is -0.385. The molecule has 2 aromatic rings. The minimum Gasteiger partial charge on any atom is -0.467 e. The normalized spacial score (nSPS) is 15.2. The van der Waals surface area contributed by atoms with E-state index in [1.807, 2.05) is 6.07 Å². The summed E-state index contributed by atoms with van der Waals surface area (Å²) in [6.45, 7) is 0.227. The molecule has 4 rings (SSSR count). The molecule has 1 aliphatic heterocycles. The van der Waals surface area contributed by atoms with E-state index in [9.17, 15) is 14.9 Å². The summed E-state index contributed by atoms with van der Waals surface area (Å²) in [5, 5.41) is 11.1. The Bertz CT molecular complexity index is 838. The van der Waals surface area contributed by atoms with Crippen LogP contribution in [0.25, 0.3) is 0 Å². The first-order valence-corrected chi connectivity index (χ1v) is 8.73. The van der Waals surface area contributed by atoms with Crippen LogP contribution in [-0.2, 0) is 35.5 Å². The van der Waals surface area contributed by atoms with Crippen LogP contribution >= 0.6 is 11.3 Å². The standard InChI is InChI=1S/C17H15NO6S/c19-17(15-6-10-2-1-3-14(10)25-15)23-8-12-5-13(18(20)21)4-11-7-22-9-24-16(11)12/h4-6H,1-3,7-9H2. The number of carbonyl (C=O) groups is 1. The molecule has 0 amide bonds. The molecule has 1 aromatic heterocycles. The van der Waals surface area contributed by atoms with Crippen molar-refractivity contribution in [2.75, 3.05) is 6.79 Å². The Kier molecular flexibility index (Phi) is 4.14. The molecule has 0 unspecified atom stereocenters. The van der Waals surface area contributed by atoms with Gasteiger partial charge in [-0.1, -0.05) is 0 Å². The molecule has 1 aromatic carbocycles. The summed E-state index contributed by atoms with van der Waals surface area (Å²) in [5.74, 6) is 0.0880. The number of aryl methyl sites for hydroxylation is 2. The minimum atomic E-state index is -0.482. The molecule has 0 saturated carbocycles. The summed E-state index contributed by atoms with van der Waals surface area (Å²) in [4.78, 5) is 24.7. The Labute approximate surface area is 147 Å². The molecule has 0 radical (unpaired) electrons. The lowest BCUT2D eigenvalue weighted by Gasteiger charge is -2.20. The number of benzene rings is 1. The predicted molar refractivity (Wildman–Crippen MR) is 88.8 cm³/mol. The topological polar surface area (TPSA) is 87.9 Å². The van der Waals surface area contributed by atoms with Crippen LogP contribution in [0.4, 0.5) is 5.69 Å². The van der Waals surface area contributed by atoms with Gasteiger partial charge in [-0.2, -0.15) is 0 Å². The summed E-state index contributed by atoms with van der Waals surface area (Å²) in [6.07, 6.45) is 3.15. The molecule has 0 atom stereocenters. The molecule has 8 heteroatoms. The zero-order valence-corrected chi connectivity index (χ0v) is 14.1. The van der Waals surface area contributed by atoms with E-state index < -0.39 is 10.9 Å². The largest absolute Gasteiger partial charge is 0.467 e. The van der Waals surface area contributed by atoms with Gasteiger partial charge in [-0.05, 0) is 30.9 Å². The third-order valence-electron chi connectivity index (χ3n) is 4.29. The van der Waals surface area contributed by atoms with Gasteiger partial charge in [0.05, 0.1) is 11.5 Å². The first-order valence-electron chi connectivity index (χ1n) is 7.91. The summed E-state index contributed by atoms with van der Waals surface area (Å²) in [5.41, 5.74) is 2.21. The van der Waals surface area contributed by atoms with Crippen LogP contribution < -0.4 is 4.74 Å². The molecule has 0 fully saturated rings. The number of fused-ring (bicyclic) bond motifs is 2. The number of rotatable bonds is 4. The molecule has 2 heterocycles. The predicted octanol–water partition coefficient (Wildman–Crippen LogP) is 3.37. The van der Waals surface area contributed by atoms with Gasteiger partial charge < -0.3 is 14.2 Å². The number of thiophene rings is 1. The summed E-state index contributed by atoms with van der Waals surface area (Å²) >= 11 is 1.47. The maximum Gasteiger partial charge on any atom is 0.348 e. The number of ether oxygens (including phenoxy) is 3. The molecular weight excluding hydrogens is 346 g/mol. The monoisotopic (exact) mass is 361 g/mol. The van der Waals surface area contributed by atoms with Gasteiger partial charge in [-0.3, -0.25) is 10.1 Å². The molecule has 0 spiro atoms. The van der Waals surface area contributed by atoms with Crippen molar-refractivity contribution in [1.82, 2.24) is 0 Å². The van der Waals surface area contributed by atoms with Crippen molar-refractivity contribution < 1.29 is 23.9 Å². The minimum absolute atomic E-state index is 0.0728. The second-order valence-corrected chi connectivity index (χ2v) is 7.09. The van der Waals surface area contributed by atoms with Gasteiger partial charge in [0.2, 0.25) is 0 Å². The van der Waals surface area contributed by atoms with Crippen molar-refractivity contribution in [2.45, 2.75) is 32.5 Å². The molecule has 130 valence electrons. The first-order chi connectivity index (χ1) is 12.1. The number of non-ortho nitro benzene ring substituents is 1. The quantitative estimate of drug-likeness (QED) is 0.471. The number of hydrogen-bond acceptors (Lipinski definition) is 7. The second-order valence-electron chi connectivity index (χ2n) is 5.95. The van der Waals surface area contributed by atoms with Gasteiger partial charge in [-0.25, -0.2) is 4.79 Å². The number of nitro groups is 1. The lowest BCUT2D eigenvalue weighted by Crippen LogP contribution is -2.14. The Hall–Kier alpha value is -2.45. The SMILES string of the molecule is O=C(OCc1cc([N+](=O)[O-])cc2c1OCOC2)c1cc2c(s1)CCC2. The third kappa shape index (κ3) is 3.10. The maximum absolute atomic E-state index is 12.3. The number of nitro benzene ring substituents is 1. The fourth-order valence-corrected chi connectivity index (χ4v) is 4.28. The van der Waals surface area contributed by atoms with Crippen LogP contribution in [0.5, 0.6) is 5.75 Å². The average Bonchev–Trinajstić information content (AvgIpc) is 3.21. The Morgan fingerprint density at radius 2 is 2.16 bits per heavy atom. The highest BCUT2D eigenvalue weighted by molar-refractivity contribution is 7.14. The van der Waals surface area contributed by atoms with Gasteiger partial charge in [0.25, 0.3) is 5.69 Å². The summed E-state index contributed by atoms with van der Waals surface area (Å²) in [6, 6.07) is 4.69. The summed E-state index contributed by atoms with van der Waals surface area (Å²) < 4.78 is 16.0. The maximum atomic E-state index is 12.3. The van der Waals surface area contributed by atoms with Crippen LogP contribution in [0.1, 0.15) is 37.7 Å². The summed E-state index contributed by atoms with van der Waals surface area (Å²) in [7, 11) is 0. The van der Waals surface area contributed by atoms with Gasteiger partial charge in [0.1, 0.15) is 17.2 Å². The van der Waals surface area contributed by atoms with E-state index in [0.717, 1.165) is 19.3 Å². The first kappa shape index (κ1) is 16.0. The number of nitrogens with zero attached hydrogens (tertiary/aromatic N) is 1. The van der Waals surface area contributed by atoms with Crippen LogP contribution in [0.15, 0.2) is 18.2 Å². The van der Waals surface area contributed by atoms with Crippen LogP contribution in [-0.4, -0.2) is 17.7 Å². The van der Waals surface area contributed by atoms with E-state index in [1.165, 1.54) is 33.9 Å². The zero-order chi connectivity index (χ0) is 17.4. The van der Waals surface area contributed by atoms with Crippen molar-refractivity contribution in [2.24, 2.45) is 0 Å². The van der Waals surface area contributed by atoms with E-state index in [1.54, 1.807) is 0 Å². The van der Waals surface area contributed by atoms with E-state index in [4.69, 9.17) is 14.2 Å². The Morgan fingerprint density at radius 1 is 1.28 bits per heavy atom. The Morgan fingerprint density at radius 3 is 2.96 bits per heavy atom. The number of carbonyl (C=O) groups excluding carboxylic acids is 1. The average molecular weight is 361 g/mol. The lowest BCUT2D eigenvalue weighted by atomic mass is 10.1. The number of hydrogen-bond donors (Lipinski definition) is 0. The molecule has 0 bridgehead atoms. The third-order valence-corrected chi connectivity index (χ3v) is 5.51. The van der Waals surface area contributed by atoms with E-state index in [2.05, 4.69) is 0 Å². The Balaban J connectivity index is 1.54. The highest BCUT2D eigenvalue weighted by Gasteiger charge is 2.23. The molecule has 25 heavy (non-hydrogen) atoms. The fourth-order valence-electron chi connectivity index (χ4n) is 3.14. The fraction of sp³-hybridized carbons (Fsp3) is 0.353. The van der Waals surface area contributed by atoms with E-state index in [0.29, 0.717) is 21.8 Å².